The van der Waals surface area contributed by atoms with Crippen LogP contribution in [0.25, 0.3) is 5.52 Å². The van der Waals surface area contributed by atoms with Gasteiger partial charge in [0.15, 0.2) is 11.5 Å². The van der Waals surface area contributed by atoms with Gasteiger partial charge in [-0.1, -0.05) is 22.9 Å². The summed E-state index contributed by atoms with van der Waals surface area (Å²) in [4.78, 5) is 29.7. The van der Waals surface area contributed by atoms with Crippen LogP contribution in [0.1, 0.15) is 59.0 Å². The van der Waals surface area contributed by atoms with Crippen molar-refractivity contribution in [2.45, 2.75) is 39.0 Å². The van der Waals surface area contributed by atoms with Crippen molar-refractivity contribution in [2.75, 3.05) is 11.9 Å². The highest BCUT2D eigenvalue weighted by molar-refractivity contribution is 6.08. The summed E-state index contributed by atoms with van der Waals surface area (Å²) < 4.78 is 6.59. The lowest BCUT2D eigenvalue weighted by Gasteiger charge is -2.12. The van der Waals surface area contributed by atoms with E-state index in [1.54, 1.807) is 41.8 Å². The normalized spacial score (nSPS) is 13.9. The van der Waals surface area contributed by atoms with E-state index in [4.69, 9.17) is 4.52 Å². The van der Waals surface area contributed by atoms with Crippen LogP contribution >= 0.6 is 0 Å². The Balaban J connectivity index is 1.51. The number of nitrogens with zero attached hydrogens (tertiary/aromatic N) is 3. The first kappa shape index (κ1) is 18.9. The van der Waals surface area contributed by atoms with Crippen LogP contribution in [-0.4, -0.2) is 32.9 Å². The van der Waals surface area contributed by atoms with E-state index in [0.717, 1.165) is 19.3 Å². The number of pyridine rings is 1. The molecule has 0 atom stereocenters. The number of hydrogen-bond acceptors (Lipinski definition) is 5. The number of carbonyl (C=O) groups is 2. The number of imidazole rings is 1. The number of hydrogen-bond donors (Lipinski definition) is 2. The highest BCUT2D eigenvalue weighted by Gasteiger charge is 2.22. The third-order valence-corrected chi connectivity index (χ3v) is 4.95. The number of aryl methyl sites for hydroxylation is 1. The van der Waals surface area contributed by atoms with E-state index in [9.17, 15) is 9.59 Å². The number of anilines is 1. The number of carbonyl (C=O) groups excluding carboxylic acids is 2. The SMILES string of the molecule is Cc1cc(NC(=O)c2nc(C(=O)NCCC3=CCCCC3)n3ccccc23)no1. The number of rotatable bonds is 6. The largest absolute Gasteiger partial charge is 0.360 e. The van der Waals surface area contributed by atoms with Crippen LogP contribution < -0.4 is 10.6 Å². The van der Waals surface area contributed by atoms with E-state index in [1.807, 2.05) is 0 Å². The number of allylic oxidation sites excluding steroid dienone is 1. The van der Waals surface area contributed by atoms with E-state index < -0.39 is 5.91 Å². The topological polar surface area (TPSA) is 102 Å². The minimum Gasteiger partial charge on any atom is -0.360 e. The summed E-state index contributed by atoms with van der Waals surface area (Å²) in [7, 11) is 0. The quantitative estimate of drug-likeness (QED) is 0.624. The third kappa shape index (κ3) is 4.21. The van der Waals surface area contributed by atoms with Crippen molar-refractivity contribution in [3.63, 3.8) is 0 Å². The summed E-state index contributed by atoms with van der Waals surface area (Å²) in [6, 6.07) is 6.95. The number of aromatic nitrogens is 3. The maximum atomic E-state index is 12.7. The van der Waals surface area contributed by atoms with Crippen molar-refractivity contribution in [2.24, 2.45) is 0 Å². The predicted octanol–water partition coefficient (Wildman–Crippen LogP) is 3.50. The Hall–Kier alpha value is -3.42. The molecule has 4 rings (SSSR count). The van der Waals surface area contributed by atoms with Gasteiger partial charge in [-0.3, -0.25) is 14.0 Å². The fourth-order valence-corrected chi connectivity index (χ4v) is 3.51. The van der Waals surface area contributed by atoms with Gasteiger partial charge in [0.2, 0.25) is 5.82 Å². The molecule has 0 aliphatic heterocycles. The Morgan fingerprint density at radius 2 is 2.14 bits per heavy atom. The van der Waals surface area contributed by atoms with E-state index >= 15 is 0 Å². The molecule has 150 valence electrons. The molecule has 0 aromatic carbocycles. The maximum Gasteiger partial charge on any atom is 0.287 e. The fourth-order valence-electron chi connectivity index (χ4n) is 3.51. The van der Waals surface area contributed by atoms with E-state index in [-0.39, 0.29) is 17.4 Å². The molecule has 3 aromatic heterocycles. The molecule has 2 amide bonds. The van der Waals surface area contributed by atoms with Gasteiger partial charge in [0.1, 0.15) is 5.76 Å². The number of fused-ring (bicyclic) bond motifs is 1. The van der Waals surface area contributed by atoms with Gasteiger partial charge in [-0.2, -0.15) is 0 Å². The summed E-state index contributed by atoms with van der Waals surface area (Å²) >= 11 is 0. The molecule has 3 heterocycles. The van der Waals surface area contributed by atoms with E-state index in [0.29, 0.717) is 23.6 Å². The number of nitrogens with one attached hydrogen (secondary N) is 2. The second-order valence-electron chi connectivity index (χ2n) is 7.13. The monoisotopic (exact) mass is 393 g/mol. The van der Waals surface area contributed by atoms with Crippen LogP contribution in [0, 0.1) is 6.92 Å². The van der Waals surface area contributed by atoms with Gasteiger partial charge in [-0.15, -0.1) is 0 Å². The predicted molar refractivity (Wildman–Crippen MR) is 108 cm³/mol. The molecule has 29 heavy (non-hydrogen) atoms. The van der Waals surface area contributed by atoms with Crippen LogP contribution in [0.3, 0.4) is 0 Å². The average molecular weight is 393 g/mol. The van der Waals surface area contributed by atoms with E-state index in [1.165, 1.54) is 18.4 Å². The minimum atomic E-state index is -0.451. The maximum absolute atomic E-state index is 12.7. The fraction of sp³-hybridized carbons (Fsp3) is 0.333. The average Bonchev–Trinajstić information content (AvgIpc) is 3.32. The molecule has 1 aliphatic rings. The molecule has 8 nitrogen and oxygen atoms in total. The lowest BCUT2D eigenvalue weighted by Crippen LogP contribution is -2.27. The highest BCUT2D eigenvalue weighted by atomic mass is 16.5. The van der Waals surface area contributed by atoms with Crippen molar-refractivity contribution < 1.29 is 14.1 Å². The zero-order valence-electron chi connectivity index (χ0n) is 16.3. The second kappa shape index (κ2) is 8.30. The Kier molecular flexibility index (Phi) is 5.41. The molecule has 0 bridgehead atoms. The minimum absolute atomic E-state index is 0.159. The molecule has 0 saturated heterocycles. The first-order valence-corrected chi connectivity index (χ1v) is 9.79. The lowest BCUT2D eigenvalue weighted by molar-refractivity contribution is 0.0943. The highest BCUT2D eigenvalue weighted by Crippen LogP contribution is 2.20. The van der Waals surface area contributed by atoms with Crippen LogP contribution in [0.2, 0.25) is 0 Å². The molecule has 0 spiro atoms. The van der Waals surface area contributed by atoms with Crippen molar-refractivity contribution in [3.8, 4) is 0 Å². The van der Waals surface area contributed by atoms with Crippen molar-refractivity contribution >= 4 is 23.1 Å². The van der Waals surface area contributed by atoms with Crippen LogP contribution in [0.4, 0.5) is 5.82 Å². The van der Waals surface area contributed by atoms with Crippen LogP contribution in [-0.2, 0) is 0 Å². The van der Waals surface area contributed by atoms with Gasteiger partial charge in [0.05, 0.1) is 5.52 Å². The molecule has 0 fully saturated rings. The van der Waals surface area contributed by atoms with Crippen molar-refractivity contribution in [3.05, 3.63) is 59.4 Å². The molecular weight excluding hydrogens is 370 g/mol. The summed E-state index contributed by atoms with van der Waals surface area (Å²) in [5.74, 6) is 0.312. The zero-order valence-corrected chi connectivity index (χ0v) is 16.3. The van der Waals surface area contributed by atoms with Gasteiger partial charge in [0, 0.05) is 18.8 Å². The molecule has 0 saturated carbocycles. The molecule has 2 N–H and O–H groups in total. The smallest absolute Gasteiger partial charge is 0.287 e. The first-order chi connectivity index (χ1) is 14.1. The summed E-state index contributed by atoms with van der Waals surface area (Å²) in [6.45, 7) is 2.28. The lowest BCUT2D eigenvalue weighted by atomic mass is 9.97. The van der Waals surface area contributed by atoms with Crippen LogP contribution in [0.15, 0.2) is 46.6 Å². The Labute approximate surface area is 168 Å². The molecule has 0 radical (unpaired) electrons. The van der Waals surface area contributed by atoms with Gasteiger partial charge >= 0.3 is 0 Å². The molecule has 3 aromatic rings. The first-order valence-electron chi connectivity index (χ1n) is 9.79. The summed E-state index contributed by atoms with van der Waals surface area (Å²) in [5.41, 5.74) is 2.10. The van der Waals surface area contributed by atoms with Gasteiger partial charge < -0.3 is 15.2 Å². The van der Waals surface area contributed by atoms with Gasteiger partial charge in [-0.25, -0.2) is 4.98 Å². The number of amides is 2. The molecule has 1 aliphatic carbocycles. The zero-order chi connectivity index (χ0) is 20.2. The summed E-state index contributed by atoms with van der Waals surface area (Å²) in [6.07, 6.45) is 9.52. The van der Waals surface area contributed by atoms with Crippen molar-refractivity contribution in [1.29, 1.82) is 0 Å². The standard InChI is InChI=1S/C21H23N5O3/c1-14-13-17(25-29-14)23-20(27)18-16-9-5-6-12-26(16)19(24-18)21(28)22-11-10-15-7-3-2-4-8-15/h5-7,9,12-13H,2-4,8,10-11H2,1H3,(H,22,28)(H,23,25,27). The second-order valence-corrected chi connectivity index (χ2v) is 7.13. The Morgan fingerprint density at radius 1 is 1.24 bits per heavy atom. The van der Waals surface area contributed by atoms with Gasteiger partial charge in [0.25, 0.3) is 11.8 Å². The Bertz CT molecular complexity index is 1080. The van der Waals surface area contributed by atoms with Crippen molar-refractivity contribution in [1.82, 2.24) is 19.9 Å². The Morgan fingerprint density at radius 3 is 2.90 bits per heavy atom. The van der Waals surface area contributed by atoms with Crippen LogP contribution in [0.5, 0.6) is 0 Å². The summed E-state index contributed by atoms with van der Waals surface area (Å²) in [5, 5.41) is 9.33. The van der Waals surface area contributed by atoms with Gasteiger partial charge in [-0.05, 0) is 51.2 Å². The molecule has 8 heteroatoms. The molecule has 0 unspecified atom stereocenters. The van der Waals surface area contributed by atoms with E-state index in [2.05, 4.69) is 26.9 Å². The third-order valence-electron chi connectivity index (χ3n) is 4.95. The molecular formula is C21H23N5O3.